The summed E-state index contributed by atoms with van der Waals surface area (Å²) in [5, 5.41) is 4.51. The van der Waals surface area contributed by atoms with E-state index in [1.807, 2.05) is 45.9 Å². The first-order valence-electron chi connectivity index (χ1n) is 11.0. The van der Waals surface area contributed by atoms with Gasteiger partial charge in [-0.15, -0.1) is 0 Å². The van der Waals surface area contributed by atoms with Gasteiger partial charge in [0.15, 0.2) is 0 Å². The normalized spacial score (nSPS) is 12.8. The lowest BCUT2D eigenvalue weighted by Gasteiger charge is -2.16. The van der Waals surface area contributed by atoms with Gasteiger partial charge in [-0.1, -0.05) is 50.7 Å². The Hall–Kier alpha value is -2.42. The molecule has 1 amide bonds. The molecule has 3 rings (SSSR count). The van der Waals surface area contributed by atoms with Gasteiger partial charge >= 0.3 is 0 Å². The average molecular weight is 486 g/mol. The summed E-state index contributed by atoms with van der Waals surface area (Å²) in [5.41, 5.74) is 3.75. The van der Waals surface area contributed by atoms with Crippen LogP contribution in [0.25, 0.3) is 10.9 Å². The standard InChI is InChI=1S/C25H31N3O3S2/c1-6-22(32-23-14-18(5)21-9-7-8-17(4)24(21)28-23)25(29)27-19-10-12-20(13-11-19)33(30,31)26-15-16(2)3/h7-14,16,22,26H,6,15H2,1-5H3,(H,27,29). The highest BCUT2D eigenvalue weighted by Crippen LogP contribution is 2.30. The minimum atomic E-state index is -3.56. The molecule has 0 aliphatic heterocycles. The molecule has 2 aromatic carbocycles. The Labute approximate surface area is 200 Å². The van der Waals surface area contributed by atoms with Gasteiger partial charge in [0.1, 0.15) is 0 Å². The number of benzene rings is 2. The summed E-state index contributed by atoms with van der Waals surface area (Å²) >= 11 is 1.44. The Balaban J connectivity index is 1.71. The minimum Gasteiger partial charge on any atom is -0.325 e. The van der Waals surface area contributed by atoms with Gasteiger partial charge in [-0.3, -0.25) is 4.79 Å². The maximum Gasteiger partial charge on any atom is 0.240 e. The van der Waals surface area contributed by atoms with Gasteiger partial charge in [0.05, 0.1) is 20.7 Å². The third-order valence-corrected chi connectivity index (χ3v) is 7.99. The number of hydrogen-bond donors (Lipinski definition) is 2. The summed E-state index contributed by atoms with van der Waals surface area (Å²) < 4.78 is 27.3. The molecule has 0 spiro atoms. The Morgan fingerprint density at radius 2 is 1.76 bits per heavy atom. The zero-order valence-electron chi connectivity index (χ0n) is 19.7. The molecule has 0 aliphatic rings. The van der Waals surface area contributed by atoms with E-state index in [0.29, 0.717) is 18.7 Å². The summed E-state index contributed by atoms with van der Waals surface area (Å²) in [5.74, 6) is 0.0759. The van der Waals surface area contributed by atoms with E-state index >= 15 is 0 Å². The van der Waals surface area contributed by atoms with E-state index in [9.17, 15) is 13.2 Å². The molecule has 1 atom stereocenters. The number of anilines is 1. The average Bonchev–Trinajstić information content (AvgIpc) is 2.77. The highest BCUT2D eigenvalue weighted by Gasteiger charge is 2.20. The first-order valence-corrected chi connectivity index (χ1v) is 13.4. The quantitative estimate of drug-likeness (QED) is 0.402. The molecule has 8 heteroatoms. The van der Waals surface area contributed by atoms with Crippen LogP contribution >= 0.6 is 11.8 Å². The number of hydrogen-bond acceptors (Lipinski definition) is 5. The van der Waals surface area contributed by atoms with E-state index in [1.165, 1.54) is 23.9 Å². The molecule has 0 fully saturated rings. The monoisotopic (exact) mass is 485 g/mol. The van der Waals surface area contributed by atoms with Crippen LogP contribution in [-0.4, -0.2) is 31.1 Å². The number of aromatic nitrogens is 1. The number of aryl methyl sites for hydroxylation is 2. The van der Waals surface area contributed by atoms with Gasteiger partial charge in [-0.05, 0) is 67.6 Å². The van der Waals surface area contributed by atoms with E-state index in [1.54, 1.807) is 12.1 Å². The lowest BCUT2D eigenvalue weighted by molar-refractivity contribution is -0.115. The van der Waals surface area contributed by atoms with Crippen LogP contribution in [-0.2, 0) is 14.8 Å². The molecule has 1 aromatic heterocycles. The molecule has 176 valence electrons. The van der Waals surface area contributed by atoms with Crippen LogP contribution < -0.4 is 10.0 Å². The van der Waals surface area contributed by atoms with Crippen LogP contribution in [0.15, 0.2) is 58.5 Å². The summed E-state index contributed by atoms with van der Waals surface area (Å²) in [4.78, 5) is 17.9. The zero-order chi connectivity index (χ0) is 24.2. The lowest BCUT2D eigenvalue weighted by atomic mass is 10.1. The maximum absolute atomic E-state index is 12.9. The predicted molar refractivity (Wildman–Crippen MR) is 136 cm³/mol. The van der Waals surface area contributed by atoms with E-state index in [4.69, 9.17) is 4.98 Å². The highest BCUT2D eigenvalue weighted by atomic mass is 32.2. The van der Waals surface area contributed by atoms with Crippen LogP contribution in [0.5, 0.6) is 0 Å². The van der Waals surface area contributed by atoms with Crippen LogP contribution in [0, 0.1) is 19.8 Å². The first kappa shape index (κ1) is 25.2. The largest absolute Gasteiger partial charge is 0.325 e. The fourth-order valence-corrected chi connectivity index (χ4v) is 5.59. The number of nitrogens with one attached hydrogen (secondary N) is 2. The van der Waals surface area contributed by atoms with Gasteiger partial charge in [-0.2, -0.15) is 0 Å². The Bertz CT molecular complexity index is 1240. The molecule has 2 N–H and O–H groups in total. The fraction of sp³-hybridized carbons (Fsp3) is 0.360. The van der Waals surface area contributed by atoms with Gasteiger partial charge in [-0.25, -0.2) is 18.1 Å². The second-order valence-corrected chi connectivity index (χ2v) is 11.5. The molecule has 0 aliphatic carbocycles. The molecule has 0 saturated heterocycles. The van der Waals surface area contributed by atoms with E-state index in [2.05, 4.69) is 23.0 Å². The third-order valence-electron chi connectivity index (χ3n) is 5.26. The minimum absolute atomic E-state index is 0.139. The SMILES string of the molecule is CCC(Sc1cc(C)c2cccc(C)c2n1)C(=O)Nc1ccc(S(=O)(=O)NCC(C)C)cc1. The fourth-order valence-electron chi connectivity index (χ4n) is 3.36. The summed E-state index contributed by atoms with van der Waals surface area (Å²) in [7, 11) is -3.56. The smallest absolute Gasteiger partial charge is 0.240 e. The molecule has 6 nitrogen and oxygen atoms in total. The number of carbonyl (C=O) groups excluding carboxylic acids is 1. The van der Waals surface area contributed by atoms with E-state index < -0.39 is 10.0 Å². The van der Waals surface area contributed by atoms with Crippen molar-refractivity contribution in [1.29, 1.82) is 0 Å². The summed E-state index contributed by atoms with van der Waals surface area (Å²) in [6.45, 7) is 10.3. The van der Waals surface area contributed by atoms with Gasteiger partial charge in [0, 0.05) is 17.6 Å². The maximum atomic E-state index is 12.9. The molecule has 0 saturated carbocycles. The van der Waals surface area contributed by atoms with Crippen LogP contribution in [0.4, 0.5) is 5.69 Å². The van der Waals surface area contributed by atoms with Crippen molar-refractivity contribution in [3.05, 3.63) is 59.7 Å². The van der Waals surface area contributed by atoms with Crippen LogP contribution in [0.1, 0.15) is 38.3 Å². The molecule has 1 unspecified atom stereocenters. The second-order valence-electron chi connectivity index (χ2n) is 8.52. The highest BCUT2D eigenvalue weighted by molar-refractivity contribution is 8.00. The molecule has 3 aromatic rings. The number of amides is 1. The van der Waals surface area contributed by atoms with Gasteiger partial charge in [0.2, 0.25) is 15.9 Å². The molecular formula is C25H31N3O3S2. The third kappa shape index (κ3) is 6.34. The van der Waals surface area contributed by atoms with Crippen molar-refractivity contribution in [2.75, 3.05) is 11.9 Å². The van der Waals surface area contributed by atoms with Crippen molar-refractivity contribution < 1.29 is 13.2 Å². The van der Waals surface area contributed by atoms with Crippen molar-refractivity contribution in [1.82, 2.24) is 9.71 Å². The molecule has 1 heterocycles. The molecule has 33 heavy (non-hydrogen) atoms. The van der Waals surface area contributed by atoms with Crippen molar-refractivity contribution in [3.63, 3.8) is 0 Å². The van der Waals surface area contributed by atoms with Crippen molar-refractivity contribution in [2.24, 2.45) is 5.92 Å². The van der Waals surface area contributed by atoms with Crippen LogP contribution in [0.3, 0.4) is 0 Å². The number of para-hydroxylation sites is 1. The topological polar surface area (TPSA) is 88.2 Å². The number of rotatable bonds is 9. The number of pyridine rings is 1. The van der Waals surface area contributed by atoms with E-state index in [0.717, 1.165) is 27.1 Å². The summed E-state index contributed by atoms with van der Waals surface area (Å²) in [6.07, 6.45) is 0.634. The summed E-state index contributed by atoms with van der Waals surface area (Å²) in [6, 6.07) is 14.4. The number of carbonyl (C=O) groups is 1. The van der Waals surface area contributed by atoms with Crippen molar-refractivity contribution in [3.8, 4) is 0 Å². The lowest BCUT2D eigenvalue weighted by Crippen LogP contribution is -2.27. The number of thioether (sulfide) groups is 1. The number of nitrogens with zero attached hydrogens (tertiary/aromatic N) is 1. The van der Waals surface area contributed by atoms with Gasteiger partial charge < -0.3 is 5.32 Å². The van der Waals surface area contributed by atoms with Gasteiger partial charge in [0.25, 0.3) is 0 Å². The molecule has 0 radical (unpaired) electrons. The predicted octanol–water partition coefficient (Wildman–Crippen LogP) is 5.30. The number of fused-ring (bicyclic) bond motifs is 1. The Morgan fingerprint density at radius 1 is 1.06 bits per heavy atom. The zero-order valence-corrected chi connectivity index (χ0v) is 21.3. The van der Waals surface area contributed by atoms with E-state index in [-0.39, 0.29) is 22.0 Å². The Kier molecular flexibility index (Phi) is 8.15. The van der Waals surface area contributed by atoms with Crippen molar-refractivity contribution in [2.45, 2.75) is 56.2 Å². The second kappa shape index (κ2) is 10.7. The van der Waals surface area contributed by atoms with Crippen molar-refractivity contribution >= 4 is 44.3 Å². The number of sulfonamides is 1. The first-order chi connectivity index (χ1) is 15.6. The van der Waals surface area contributed by atoms with Crippen LogP contribution in [0.2, 0.25) is 0 Å². The molecule has 0 bridgehead atoms. The Morgan fingerprint density at radius 3 is 2.39 bits per heavy atom. The molecular weight excluding hydrogens is 454 g/mol.